The van der Waals surface area contributed by atoms with Crippen molar-refractivity contribution in [2.24, 2.45) is 0 Å². The molecule has 1 aliphatic carbocycles. The van der Waals surface area contributed by atoms with Gasteiger partial charge >= 0.3 is 0 Å². The summed E-state index contributed by atoms with van der Waals surface area (Å²) in [5.41, 5.74) is 4.48. The highest BCUT2D eigenvalue weighted by atomic mass is 32.2. The summed E-state index contributed by atoms with van der Waals surface area (Å²) in [6.07, 6.45) is 2.35. The summed E-state index contributed by atoms with van der Waals surface area (Å²) in [6.45, 7) is 1.89. The van der Waals surface area contributed by atoms with Crippen molar-refractivity contribution in [3.05, 3.63) is 59.3 Å². The van der Waals surface area contributed by atoms with E-state index in [2.05, 4.69) is 17.1 Å². The number of H-pyrrole nitrogens is 1. The first-order valence-corrected chi connectivity index (χ1v) is 10.6. The number of hydrogen-bond acceptors (Lipinski definition) is 3. The minimum Gasteiger partial charge on any atom is -0.495 e. The number of aromatic nitrogens is 1. The smallest absolute Gasteiger partial charge is 0.246 e. The van der Waals surface area contributed by atoms with Crippen LogP contribution in [0.5, 0.6) is 5.75 Å². The monoisotopic (exact) mass is 384 g/mol. The van der Waals surface area contributed by atoms with E-state index in [-0.39, 0.29) is 10.9 Å². The summed E-state index contributed by atoms with van der Waals surface area (Å²) in [5, 5.41) is 1.19. The first kappa shape index (κ1) is 18.1. The predicted octanol–water partition coefficient (Wildman–Crippen LogP) is 3.66. The zero-order valence-corrected chi connectivity index (χ0v) is 16.6. The number of sulfonamides is 1. The fourth-order valence-electron chi connectivity index (χ4n) is 4.00. The highest BCUT2D eigenvalue weighted by Crippen LogP contribution is 2.34. The maximum Gasteiger partial charge on any atom is 0.246 e. The van der Waals surface area contributed by atoms with Gasteiger partial charge in [-0.05, 0) is 55.5 Å². The third-order valence-corrected chi connectivity index (χ3v) is 7.49. The average molecular weight is 385 g/mol. The van der Waals surface area contributed by atoms with Crippen LogP contribution in [0.15, 0.2) is 47.4 Å². The van der Waals surface area contributed by atoms with Gasteiger partial charge in [0.05, 0.1) is 7.11 Å². The lowest BCUT2D eigenvalue weighted by atomic mass is 9.91. The van der Waals surface area contributed by atoms with Crippen LogP contribution < -0.4 is 4.74 Å². The number of ether oxygens (including phenoxy) is 1. The van der Waals surface area contributed by atoms with Gasteiger partial charge in [0, 0.05) is 29.7 Å². The zero-order valence-electron chi connectivity index (χ0n) is 15.8. The number of nitrogens with one attached hydrogen (secondary N) is 1. The number of rotatable bonds is 4. The Kier molecular flexibility index (Phi) is 4.48. The van der Waals surface area contributed by atoms with E-state index in [1.807, 2.05) is 25.1 Å². The molecule has 1 unspecified atom stereocenters. The van der Waals surface area contributed by atoms with Crippen molar-refractivity contribution in [2.75, 3.05) is 14.2 Å². The summed E-state index contributed by atoms with van der Waals surface area (Å²) in [5.74, 6) is 0.385. The minimum atomic E-state index is -3.64. The quantitative estimate of drug-likeness (QED) is 0.747. The number of methoxy groups -OCH3 is 1. The van der Waals surface area contributed by atoms with Crippen LogP contribution in [-0.4, -0.2) is 37.9 Å². The lowest BCUT2D eigenvalue weighted by Crippen LogP contribution is -2.40. The van der Waals surface area contributed by atoms with Crippen molar-refractivity contribution in [3.63, 3.8) is 0 Å². The Morgan fingerprint density at radius 2 is 1.96 bits per heavy atom. The molecule has 1 atom stereocenters. The Morgan fingerprint density at radius 3 is 2.74 bits per heavy atom. The van der Waals surface area contributed by atoms with Gasteiger partial charge in [-0.3, -0.25) is 0 Å². The van der Waals surface area contributed by atoms with E-state index in [1.54, 1.807) is 19.2 Å². The van der Waals surface area contributed by atoms with Crippen LogP contribution in [0.25, 0.3) is 10.9 Å². The minimum absolute atomic E-state index is 0.0769. The Bertz CT molecular complexity index is 1100. The van der Waals surface area contributed by atoms with Gasteiger partial charge in [-0.1, -0.05) is 24.3 Å². The van der Waals surface area contributed by atoms with Crippen LogP contribution in [0.4, 0.5) is 0 Å². The molecule has 142 valence electrons. The third-order valence-electron chi connectivity index (χ3n) is 5.56. The number of hydrogen-bond donors (Lipinski definition) is 1. The van der Waals surface area contributed by atoms with Gasteiger partial charge in [0.15, 0.2) is 0 Å². The van der Waals surface area contributed by atoms with Crippen molar-refractivity contribution in [3.8, 4) is 5.75 Å². The van der Waals surface area contributed by atoms with Crippen molar-refractivity contribution in [1.29, 1.82) is 0 Å². The van der Waals surface area contributed by atoms with E-state index < -0.39 is 10.0 Å². The SMILES string of the molecule is COc1ccc(C)cc1S(=O)(=O)N(C)C1CCc2[nH]c3ccccc3c2C1. The number of aryl methyl sites for hydroxylation is 2. The summed E-state index contributed by atoms with van der Waals surface area (Å²) < 4.78 is 33.5. The molecule has 1 heterocycles. The van der Waals surface area contributed by atoms with E-state index >= 15 is 0 Å². The van der Waals surface area contributed by atoms with E-state index in [0.29, 0.717) is 12.2 Å². The predicted molar refractivity (Wildman–Crippen MR) is 107 cm³/mol. The number of fused-ring (bicyclic) bond motifs is 3. The molecule has 0 saturated heterocycles. The average Bonchev–Trinajstić information content (AvgIpc) is 3.05. The molecule has 0 saturated carbocycles. The molecule has 4 rings (SSSR count). The van der Waals surface area contributed by atoms with Gasteiger partial charge in [-0.25, -0.2) is 8.42 Å². The molecule has 3 aromatic rings. The first-order chi connectivity index (χ1) is 12.9. The van der Waals surface area contributed by atoms with Crippen LogP contribution in [0.1, 0.15) is 23.2 Å². The van der Waals surface area contributed by atoms with Gasteiger partial charge < -0.3 is 9.72 Å². The molecule has 1 aliphatic rings. The molecule has 0 radical (unpaired) electrons. The summed E-state index contributed by atoms with van der Waals surface area (Å²) in [6, 6.07) is 13.4. The normalized spacial score (nSPS) is 17.3. The summed E-state index contributed by atoms with van der Waals surface area (Å²) in [4.78, 5) is 3.72. The van der Waals surface area contributed by atoms with Crippen LogP contribution in [0, 0.1) is 6.92 Å². The van der Waals surface area contributed by atoms with Crippen LogP contribution in [-0.2, 0) is 22.9 Å². The van der Waals surface area contributed by atoms with Gasteiger partial charge in [-0.15, -0.1) is 0 Å². The molecule has 1 N–H and O–H groups in total. The second kappa shape index (κ2) is 6.69. The second-order valence-electron chi connectivity index (χ2n) is 7.20. The topological polar surface area (TPSA) is 62.4 Å². The highest BCUT2D eigenvalue weighted by Gasteiger charge is 2.33. The van der Waals surface area contributed by atoms with Crippen LogP contribution in [0.2, 0.25) is 0 Å². The van der Waals surface area contributed by atoms with Crippen molar-refractivity contribution >= 4 is 20.9 Å². The molecule has 5 nitrogen and oxygen atoms in total. The standard InChI is InChI=1S/C21H24N2O3S/c1-14-8-11-20(26-3)21(12-14)27(24,25)23(2)15-9-10-19-17(13-15)16-6-4-5-7-18(16)22-19/h4-8,11-12,15,22H,9-10,13H2,1-3H3. The fraction of sp³-hybridized carbons (Fsp3) is 0.333. The maximum absolute atomic E-state index is 13.3. The summed E-state index contributed by atoms with van der Waals surface area (Å²) in [7, 11) is -0.460. The Labute approximate surface area is 160 Å². The van der Waals surface area contributed by atoms with Gasteiger partial charge in [-0.2, -0.15) is 4.31 Å². The van der Waals surface area contributed by atoms with Crippen LogP contribution in [0.3, 0.4) is 0 Å². The Morgan fingerprint density at radius 1 is 1.19 bits per heavy atom. The molecule has 0 aliphatic heterocycles. The molecular weight excluding hydrogens is 360 g/mol. The first-order valence-electron chi connectivity index (χ1n) is 9.13. The molecule has 27 heavy (non-hydrogen) atoms. The molecule has 0 fully saturated rings. The van der Waals surface area contributed by atoms with E-state index in [1.165, 1.54) is 28.1 Å². The third kappa shape index (κ3) is 3.03. The molecular formula is C21H24N2O3S. The molecule has 0 bridgehead atoms. The lowest BCUT2D eigenvalue weighted by molar-refractivity contribution is 0.333. The lowest BCUT2D eigenvalue weighted by Gasteiger charge is -2.31. The van der Waals surface area contributed by atoms with Gasteiger partial charge in [0.1, 0.15) is 10.6 Å². The van der Waals surface area contributed by atoms with Gasteiger partial charge in [0.2, 0.25) is 10.0 Å². The molecule has 6 heteroatoms. The number of benzene rings is 2. The number of aromatic amines is 1. The van der Waals surface area contributed by atoms with Crippen molar-refractivity contribution in [1.82, 2.24) is 9.29 Å². The fourth-order valence-corrected chi connectivity index (χ4v) is 5.62. The molecule has 2 aromatic carbocycles. The zero-order chi connectivity index (χ0) is 19.2. The van der Waals surface area contributed by atoms with E-state index in [9.17, 15) is 8.42 Å². The van der Waals surface area contributed by atoms with Crippen LogP contribution >= 0.6 is 0 Å². The summed E-state index contributed by atoms with van der Waals surface area (Å²) >= 11 is 0. The van der Waals surface area contributed by atoms with E-state index in [4.69, 9.17) is 4.74 Å². The van der Waals surface area contributed by atoms with Crippen molar-refractivity contribution in [2.45, 2.75) is 37.1 Å². The van der Waals surface area contributed by atoms with Crippen molar-refractivity contribution < 1.29 is 13.2 Å². The molecule has 0 amide bonds. The largest absolute Gasteiger partial charge is 0.495 e. The van der Waals surface area contributed by atoms with E-state index in [0.717, 1.165) is 23.9 Å². The number of para-hydroxylation sites is 1. The highest BCUT2D eigenvalue weighted by molar-refractivity contribution is 7.89. The number of nitrogens with zero attached hydrogens (tertiary/aromatic N) is 1. The Balaban J connectivity index is 1.69. The second-order valence-corrected chi connectivity index (χ2v) is 9.17. The molecule has 0 spiro atoms. The maximum atomic E-state index is 13.3. The number of likely N-dealkylation sites (N-methyl/N-ethyl adjacent to an activating group) is 1. The Hall–Kier alpha value is -2.31. The molecule has 1 aromatic heterocycles. The van der Waals surface area contributed by atoms with Gasteiger partial charge in [0.25, 0.3) is 0 Å².